The van der Waals surface area contributed by atoms with Crippen LogP contribution in [0.25, 0.3) is 0 Å². The molecule has 0 spiro atoms. The summed E-state index contributed by atoms with van der Waals surface area (Å²) in [5.41, 5.74) is -7.67. The molecule has 23 heteroatoms. The Bertz CT molecular complexity index is 3110. The Hall–Kier alpha value is -10.8. The number of rotatable bonds is 4. The van der Waals surface area contributed by atoms with Crippen molar-refractivity contribution in [2.24, 2.45) is 0 Å². The summed E-state index contributed by atoms with van der Waals surface area (Å²) in [6.45, 7) is 1.29. The number of hydrogen-bond donors (Lipinski definition) is 23. The van der Waals surface area contributed by atoms with Gasteiger partial charge >= 0.3 is 0 Å². The lowest BCUT2D eigenvalue weighted by molar-refractivity contribution is 0.352. The fourth-order valence-electron chi connectivity index (χ4n) is 9.96. The molecule has 8 aromatic rings. The van der Waals surface area contributed by atoms with E-state index in [1.807, 2.05) is 0 Å². The third-order valence-corrected chi connectivity index (χ3v) is 13.6. The molecule has 2 atom stereocenters. The van der Waals surface area contributed by atoms with Gasteiger partial charge in [-0.2, -0.15) is 0 Å². The largest absolute Gasteiger partial charge is 0.504 e. The standard InChI is InChI=1S/C53H42O23/c1-14-2-15(3-27(54)38(14)61)34-19-10-21(41(64)50(73)39(19)62)35(16-4-28(55)47(70)29(56)5-16)23-12-25(45(68)52(75)43(23)66)37(18-8-32(59)49(72)33(60)9-18)26-13-24(44(67)53(76)46(26)69)36(17-6-30(57)48(71)31(58)7-17)22-11-20(34)40(63)51(74)42(22)65/h2-13,34-37,54-76H,1H3. The van der Waals surface area contributed by atoms with Crippen molar-refractivity contribution in [2.45, 2.75) is 30.6 Å². The molecule has 76 heavy (non-hydrogen) atoms. The molecule has 8 aromatic carbocycles. The molecule has 23 N–H and O–H groups in total. The van der Waals surface area contributed by atoms with Crippen molar-refractivity contribution in [3.63, 3.8) is 0 Å². The van der Waals surface area contributed by atoms with Crippen molar-refractivity contribution >= 4 is 0 Å². The van der Waals surface area contributed by atoms with Gasteiger partial charge in [-0.25, -0.2) is 0 Å². The third-order valence-electron chi connectivity index (χ3n) is 13.6. The highest BCUT2D eigenvalue weighted by Crippen LogP contribution is 2.61. The number of phenolic OH excluding ortho intramolecular Hbond substituents is 23. The van der Waals surface area contributed by atoms with Crippen molar-refractivity contribution < 1.29 is 117 Å². The number of aryl methyl sites for hydroxylation is 1. The molecule has 0 amide bonds. The monoisotopic (exact) mass is 1050 g/mol. The quantitative estimate of drug-likeness (QED) is 0.0865. The van der Waals surface area contributed by atoms with Gasteiger partial charge in [0.1, 0.15) is 0 Å². The summed E-state index contributed by atoms with van der Waals surface area (Å²) in [6.07, 6.45) is 0. The van der Waals surface area contributed by atoms with E-state index in [1.165, 1.54) is 6.92 Å². The summed E-state index contributed by atoms with van der Waals surface area (Å²) < 4.78 is 0. The maximum atomic E-state index is 12.0. The van der Waals surface area contributed by atoms with E-state index in [9.17, 15) is 117 Å². The zero-order valence-corrected chi connectivity index (χ0v) is 38.5. The van der Waals surface area contributed by atoms with E-state index in [0.717, 1.165) is 72.8 Å². The second kappa shape index (κ2) is 17.4. The summed E-state index contributed by atoms with van der Waals surface area (Å²) >= 11 is 0. The molecule has 1 aliphatic carbocycles. The predicted molar refractivity (Wildman–Crippen MR) is 258 cm³/mol. The van der Waals surface area contributed by atoms with Crippen molar-refractivity contribution in [2.75, 3.05) is 0 Å². The number of benzene rings is 8. The molecule has 0 radical (unpaired) electrons. The average Bonchev–Trinajstić information content (AvgIpc) is 3.37. The van der Waals surface area contributed by atoms with Crippen LogP contribution in [0, 0.1) is 6.92 Å². The van der Waals surface area contributed by atoms with Crippen molar-refractivity contribution in [1.82, 2.24) is 0 Å². The SMILES string of the molecule is Cc1cc(C2c3cc(c(O)c(O)c3O)C(c3cc(O)c(O)c(O)c3)c3cc(c(O)c(O)c3O)C(c3cc(O)c(O)c(O)c3)c3cc(c(O)c(O)c3O)C(c3cc(O)c(O)c(O)c3)c3cc2c(O)c(O)c3O)cc(O)c1O. The zero-order valence-electron chi connectivity index (χ0n) is 38.5. The predicted octanol–water partition coefficient (Wildman–Crippen LogP) is 6.26. The van der Waals surface area contributed by atoms with E-state index in [4.69, 9.17) is 0 Å². The van der Waals surface area contributed by atoms with Crippen LogP contribution in [-0.2, 0) is 0 Å². The van der Waals surface area contributed by atoms with Crippen LogP contribution in [0.5, 0.6) is 132 Å². The second-order valence-corrected chi connectivity index (χ2v) is 18.1. The lowest BCUT2D eigenvalue weighted by Gasteiger charge is -2.30. The molecular formula is C53H42O23. The first-order chi connectivity index (χ1) is 35.7. The minimum atomic E-state index is -2.12. The summed E-state index contributed by atoms with van der Waals surface area (Å²) in [5, 5.41) is 262. The van der Waals surface area contributed by atoms with Crippen LogP contribution < -0.4 is 0 Å². The van der Waals surface area contributed by atoms with Gasteiger partial charge in [0.05, 0.1) is 0 Å². The molecule has 0 heterocycles. The van der Waals surface area contributed by atoms with Gasteiger partial charge in [0.2, 0.25) is 23.0 Å². The first kappa shape index (κ1) is 50.1. The van der Waals surface area contributed by atoms with Crippen LogP contribution in [-0.4, -0.2) is 117 Å². The number of hydrogen-bond acceptors (Lipinski definition) is 23. The lowest BCUT2D eigenvalue weighted by Crippen LogP contribution is -2.13. The lowest BCUT2D eigenvalue weighted by atomic mass is 9.74. The fraction of sp³-hybridized carbons (Fsp3) is 0.0943. The van der Waals surface area contributed by atoms with Crippen LogP contribution >= 0.6 is 0 Å². The van der Waals surface area contributed by atoms with Gasteiger partial charge in [0, 0.05) is 68.2 Å². The first-order valence-corrected chi connectivity index (χ1v) is 22.0. The van der Waals surface area contributed by atoms with Crippen molar-refractivity contribution in [1.29, 1.82) is 0 Å². The van der Waals surface area contributed by atoms with Crippen LogP contribution in [0.1, 0.15) is 96.0 Å². The average molecular weight is 1050 g/mol. The molecular weight excluding hydrogens is 1000 g/mol. The molecule has 2 unspecified atom stereocenters. The Morgan fingerprint density at radius 3 is 0.513 bits per heavy atom. The molecule has 8 bridgehead atoms. The summed E-state index contributed by atoms with van der Waals surface area (Å²) in [6, 6.07) is 9.86. The van der Waals surface area contributed by atoms with Gasteiger partial charge in [0.15, 0.2) is 109 Å². The Morgan fingerprint density at radius 2 is 0.342 bits per heavy atom. The van der Waals surface area contributed by atoms with Crippen LogP contribution in [0.4, 0.5) is 0 Å². The molecule has 0 aromatic heterocycles. The molecule has 0 aliphatic heterocycles. The smallest absolute Gasteiger partial charge is 0.200 e. The molecule has 0 fully saturated rings. The van der Waals surface area contributed by atoms with E-state index in [0.29, 0.717) is 0 Å². The van der Waals surface area contributed by atoms with E-state index >= 15 is 0 Å². The van der Waals surface area contributed by atoms with Gasteiger partial charge in [-0.1, -0.05) is 6.07 Å². The molecule has 23 nitrogen and oxygen atoms in total. The minimum absolute atomic E-state index is 0.104. The highest BCUT2D eigenvalue weighted by molar-refractivity contribution is 5.76. The topological polar surface area (TPSA) is 465 Å². The van der Waals surface area contributed by atoms with Crippen molar-refractivity contribution in [3.8, 4) is 132 Å². The van der Waals surface area contributed by atoms with Crippen LogP contribution in [0.15, 0.2) is 72.8 Å². The van der Waals surface area contributed by atoms with Gasteiger partial charge in [-0.3, -0.25) is 0 Å². The number of phenols is 23. The maximum Gasteiger partial charge on any atom is 0.200 e. The highest BCUT2D eigenvalue weighted by Gasteiger charge is 2.40. The molecule has 1 aliphatic rings. The number of fused-ring (bicyclic) bond motifs is 8. The Balaban J connectivity index is 1.59. The van der Waals surface area contributed by atoms with Crippen LogP contribution in [0.3, 0.4) is 0 Å². The summed E-state index contributed by atoms with van der Waals surface area (Å²) in [7, 11) is 0. The molecule has 0 saturated carbocycles. The normalized spacial score (nSPS) is 16.1. The maximum absolute atomic E-state index is 12.0. The molecule has 392 valence electrons. The molecule has 9 rings (SSSR count). The van der Waals surface area contributed by atoms with E-state index < -0.39 is 217 Å². The van der Waals surface area contributed by atoms with Crippen molar-refractivity contribution in [3.05, 3.63) is 145 Å². The minimum Gasteiger partial charge on any atom is -0.504 e. The van der Waals surface area contributed by atoms with Gasteiger partial charge in [-0.05, 0) is 101 Å². The van der Waals surface area contributed by atoms with Crippen LogP contribution in [0.2, 0.25) is 0 Å². The molecule has 0 saturated heterocycles. The number of aromatic hydroxyl groups is 23. The Kier molecular flexibility index (Phi) is 11.5. The second-order valence-electron chi connectivity index (χ2n) is 18.1. The summed E-state index contributed by atoms with van der Waals surface area (Å²) in [5.74, 6) is -35.8. The van der Waals surface area contributed by atoms with Gasteiger partial charge < -0.3 is 117 Å². The van der Waals surface area contributed by atoms with E-state index in [1.54, 1.807) is 0 Å². The van der Waals surface area contributed by atoms with E-state index in [2.05, 4.69) is 0 Å². The Morgan fingerprint density at radius 1 is 0.184 bits per heavy atom. The van der Waals surface area contributed by atoms with Gasteiger partial charge in [0.25, 0.3) is 0 Å². The highest BCUT2D eigenvalue weighted by atomic mass is 16.4. The van der Waals surface area contributed by atoms with Gasteiger partial charge in [-0.15, -0.1) is 0 Å². The fourth-order valence-corrected chi connectivity index (χ4v) is 9.96. The third kappa shape index (κ3) is 7.44. The Labute approximate surface area is 424 Å². The first-order valence-electron chi connectivity index (χ1n) is 22.0. The zero-order chi connectivity index (χ0) is 55.6. The van der Waals surface area contributed by atoms with E-state index in [-0.39, 0.29) is 11.1 Å². The summed E-state index contributed by atoms with van der Waals surface area (Å²) in [4.78, 5) is 0.